The third-order valence-electron chi connectivity index (χ3n) is 2.72. The number of hydrogen-bond acceptors (Lipinski definition) is 1. The Kier molecular flexibility index (Phi) is 8.57. The van der Waals surface area contributed by atoms with Crippen molar-refractivity contribution in [2.24, 2.45) is 5.92 Å². The van der Waals surface area contributed by atoms with Crippen LogP contribution in [0.4, 0.5) is 5.69 Å². The van der Waals surface area contributed by atoms with Gasteiger partial charge in [-0.3, -0.25) is 0 Å². The van der Waals surface area contributed by atoms with Gasteiger partial charge >= 0.3 is 0 Å². The van der Waals surface area contributed by atoms with Crippen LogP contribution in [0.2, 0.25) is 0 Å². The first-order chi connectivity index (χ1) is 8.09. The minimum atomic E-state index is 0.563. The highest BCUT2D eigenvalue weighted by molar-refractivity contribution is 5.50. The molecule has 0 aliphatic rings. The summed E-state index contributed by atoms with van der Waals surface area (Å²) in [6, 6.07) is 9.04. The summed E-state index contributed by atoms with van der Waals surface area (Å²) in [6.07, 6.45) is 2.53. The van der Waals surface area contributed by atoms with Gasteiger partial charge < -0.3 is 5.32 Å². The van der Waals surface area contributed by atoms with Crippen molar-refractivity contribution >= 4 is 5.69 Å². The summed E-state index contributed by atoms with van der Waals surface area (Å²) in [7, 11) is 0. The quantitative estimate of drug-likeness (QED) is 0.734. The standard InChI is InChI=1S/C14H23N.C2H6/c1-11(2)9-10-13(4)15-14-8-6-5-7-12(14)3;1-2/h5-8,11,13,15H,9-10H2,1-4H3;1-2H3. The first-order valence-electron chi connectivity index (χ1n) is 6.91. The van der Waals surface area contributed by atoms with Crippen LogP contribution in [-0.2, 0) is 0 Å². The van der Waals surface area contributed by atoms with Crippen LogP contribution in [0, 0.1) is 12.8 Å². The van der Waals surface area contributed by atoms with Crippen molar-refractivity contribution in [3.05, 3.63) is 29.8 Å². The molecule has 1 rings (SSSR count). The Hall–Kier alpha value is -0.980. The van der Waals surface area contributed by atoms with Crippen molar-refractivity contribution in [2.75, 3.05) is 5.32 Å². The van der Waals surface area contributed by atoms with E-state index in [4.69, 9.17) is 0 Å². The Morgan fingerprint density at radius 3 is 2.12 bits per heavy atom. The molecule has 0 radical (unpaired) electrons. The summed E-state index contributed by atoms with van der Waals surface area (Å²) in [5, 5.41) is 3.57. The maximum absolute atomic E-state index is 3.57. The van der Waals surface area contributed by atoms with E-state index >= 15 is 0 Å². The normalized spacial score (nSPS) is 11.7. The van der Waals surface area contributed by atoms with Crippen LogP contribution in [-0.4, -0.2) is 6.04 Å². The fraction of sp³-hybridized carbons (Fsp3) is 0.625. The van der Waals surface area contributed by atoms with E-state index in [1.165, 1.54) is 24.1 Å². The summed E-state index contributed by atoms with van der Waals surface area (Å²) in [4.78, 5) is 0. The molecule has 1 nitrogen and oxygen atoms in total. The van der Waals surface area contributed by atoms with Gasteiger partial charge in [0.15, 0.2) is 0 Å². The van der Waals surface area contributed by atoms with Crippen molar-refractivity contribution in [3.8, 4) is 0 Å². The molecule has 1 aromatic carbocycles. The van der Waals surface area contributed by atoms with E-state index in [1.54, 1.807) is 0 Å². The number of benzene rings is 1. The zero-order valence-electron chi connectivity index (χ0n) is 12.4. The maximum Gasteiger partial charge on any atom is 0.0371 e. The summed E-state index contributed by atoms with van der Waals surface area (Å²) in [5.74, 6) is 0.797. The molecule has 1 atom stereocenters. The second kappa shape index (κ2) is 9.09. The van der Waals surface area contributed by atoms with Crippen LogP contribution in [0.3, 0.4) is 0 Å². The molecule has 0 spiro atoms. The van der Waals surface area contributed by atoms with Crippen LogP contribution in [0.5, 0.6) is 0 Å². The number of nitrogens with one attached hydrogen (secondary N) is 1. The van der Waals surface area contributed by atoms with Gasteiger partial charge in [-0.15, -0.1) is 0 Å². The average Bonchev–Trinajstić information content (AvgIpc) is 2.32. The van der Waals surface area contributed by atoms with Gasteiger partial charge in [0.05, 0.1) is 0 Å². The highest BCUT2D eigenvalue weighted by atomic mass is 14.9. The second-order valence-electron chi connectivity index (χ2n) is 4.83. The third-order valence-corrected chi connectivity index (χ3v) is 2.72. The van der Waals surface area contributed by atoms with Crippen molar-refractivity contribution < 1.29 is 0 Å². The fourth-order valence-corrected chi connectivity index (χ4v) is 1.66. The molecule has 1 aromatic rings. The molecular weight excluding hydrogens is 206 g/mol. The second-order valence-corrected chi connectivity index (χ2v) is 4.83. The van der Waals surface area contributed by atoms with E-state index in [-0.39, 0.29) is 0 Å². The zero-order valence-corrected chi connectivity index (χ0v) is 12.4. The Morgan fingerprint density at radius 1 is 1.00 bits per heavy atom. The van der Waals surface area contributed by atoms with Gasteiger partial charge in [0.25, 0.3) is 0 Å². The fourth-order valence-electron chi connectivity index (χ4n) is 1.66. The predicted octanol–water partition coefficient (Wildman–Crippen LogP) is 5.26. The number of rotatable bonds is 5. The SMILES string of the molecule is CC.Cc1ccccc1NC(C)CCC(C)C. The molecule has 0 aromatic heterocycles. The lowest BCUT2D eigenvalue weighted by molar-refractivity contribution is 0.527. The lowest BCUT2D eigenvalue weighted by Gasteiger charge is -2.17. The molecule has 0 fully saturated rings. The summed E-state index contributed by atoms with van der Waals surface area (Å²) in [6.45, 7) is 13.0. The summed E-state index contributed by atoms with van der Waals surface area (Å²) >= 11 is 0. The molecule has 98 valence electrons. The van der Waals surface area contributed by atoms with Crippen molar-refractivity contribution in [3.63, 3.8) is 0 Å². The van der Waals surface area contributed by atoms with E-state index in [2.05, 4.69) is 57.3 Å². The van der Waals surface area contributed by atoms with Crippen molar-refractivity contribution in [1.82, 2.24) is 0 Å². The minimum absolute atomic E-state index is 0.563. The first-order valence-corrected chi connectivity index (χ1v) is 6.91. The lowest BCUT2D eigenvalue weighted by Crippen LogP contribution is -2.16. The summed E-state index contributed by atoms with van der Waals surface area (Å²) < 4.78 is 0. The minimum Gasteiger partial charge on any atom is -0.382 e. The van der Waals surface area contributed by atoms with Crippen LogP contribution < -0.4 is 5.32 Å². The molecule has 0 heterocycles. The molecule has 17 heavy (non-hydrogen) atoms. The van der Waals surface area contributed by atoms with Crippen LogP contribution in [0.15, 0.2) is 24.3 Å². The molecule has 0 saturated carbocycles. The Morgan fingerprint density at radius 2 is 1.59 bits per heavy atom. The third kappa shape index (κ3) is 7.04. The maximum atomic E-state index is 3.57. The molecule has 0 amide bonds. The molecule has 0 aliphatic carbocycles. The largest absolute Gasteiger partial charge is 0.382 e. The number of hydrogen-bond donors (Lipinski definition) is 1. The summed E-state index contributed by atoms with van der Waals surface area (Å²) in [5.41, 5.74) is 2.60. The van der Waals surface area contributed by atoms with Crippen LogP contribution >= 0.6 is 0 Å². The predicted molar refractivity (Wildman–Crippen MR) is 79.7 cm³/mol. The molecule has 0 aliphatic heterocycles. The Bertz CT molecular complexity index is 291. The average molecular weight is 235 g/mol. The zero-order chi connectivity index (χ0) is 13.3. The highest BCUT2D eigenvalue weighted by Gasteiger charge is 2.04. The monoisotopic (exact) mass is 235 g/mol. The van der Waals surface area contributed by atoms with Gasteiger partial charge in [-0.25, -0.2) is 0 Å². The van der Waals surface area contributed by atoms with Crippen molar-refractivity contribution in [1.29, 1.82) is 0 Å². The smallest absolute Gasteiger partial charge is 0.0371 e. The molecule has 1 unspecified atom stereocenters. The number of para-hydroxylation sites is 1. The van der Waals surface area contributed by atoms with E-state index in [9.17, 15) is 0 Å². The van der Waals surface area contributed by atoms with Gasteiger partial charge in [0.1, 0.15) is 0 Å². The Balaban J connectivity index is 0.00000121. The molecule has 1 N–H and O–H groups in total. The van der Waals surface area contributed by atoms with Crippen LogP contribution in [0.25, 0.3) is 0 Å². The molecule has 1 heteroatoms. The van der Waals surface area contributed by atoms with Crippen LogP contribution in [0.1, 0.15) is 53.0 Å². The molecular formula is C16H29N. The van der Waals surface area contributed by atoms with E-state index in [0.29, 0.717) is 6.04 Å². The van der Waals surface area contributed by atoms with E-state index in [0.717, 1.165) is 5.92 Å². The van der Waals surface area contributed by atoms with Gasteiger partial charge in [0, 0.05) is 11.7 Å². The first kappa shape index (κ1) is 16.0. The molecule has 0 bridgehead atoms. The van der Waals surface area contributed by atoms with Gasteiger partial charge in [0.2, 0.25) is 0 Å². The number of aryl methyl sites for hydroxylation is 1. The molecule has 0 saturated heterocycles. The lowest BCUT2D eigenvalue weighted by atomic mass is 10.0. The Labute approximate surface area is 108 Å². The van der Waals surface area contributed by atoms with Gasteiger partial charge in [-0.2, -0.15) is 0 Å². The van der Waals surface area contributed by atoms with E-state index in [1.807, 2.05) is 13.8 Å². The van der Waals surface area contributed by atoms with Crippen molar-refractivity contribution in [2.45, 2.75) is 60.4 Å². The van der Waals surface area contributed by atoms with Gasteiger partial charge in [-0.1, -0.05) is 45.9 Å². The topological polar surface area (TPSA) is 12.0 Å². The van der Waals surface area contributed by atoms with Gasteiger partial charge in [-0.05, 0) is 44.2 Å². The van der Waals surface area contributed by atoms with E-state index < -0.39 is 0 Å². The number of anilines is 1. The highest BCUT2D eigenvalue weighted by Crippen LogP contribution is 2.16.